The highest BCUT2D eigenvalue weighted by molar-refractivity contribution is 5.87. The van der Waals surface area contributed by atoms with Crippen LogP contribution in [0.15, 0.2) is 60.7 Å². The van der Waals surface area contributed by atoms with Crippen molar-refractivity contribution in [3.05, 3.63) is 99.9 Å². The van der Waals surface area contributed by atoms with Gasteiger partial charge < -0.3 is 10.1 Å². The van der Waals surface area contributed by atoms with Gasteiger partial charge in [-0.05, 0) is 79.1 Å². The molecule has 0 fully saturated rings. The molecule has 0 saturated carbocycles. The first-order valence-corrected chi connectivity index (χ1v) is 10.3. The fourth-order valence-electron chi connectivity index (χ4n) is 3.92. The minimum Gasteiger partial charge on any atom is -0.478 e. The Morgan fingerprint density at radius 1 is 0.967 bits per heavy atom. The van der Waals surface area contributed by atoms with Crippen LogP contribution in [0.1, 0.15) is 50.4 Å². The quantitative estimate of drug-likeness (QED) is 0.423. The predicted octanol–water partition coefficient (Wildman–Crippen LogP) is 5.64. The van der Waals surface area contributed by atoms with Crippen LogP contribution < -0.4 is 0 Å². The molecule has 2 N–H and O–H groups in total. The molecule has 3 aromatic carbocycles. The van der Waals surface area contributed by atoms with Crippen molar-refractivity contribution in [3.8, 4) is 0 Å². The van der Waals surface area contributed by atoms with Crippen LogP contribution in [-0.2, 0) is 19.3 Å². The van der Waals surface area contributed by atoms with Gasteiger partial charge in [-0.1, -0.05) is 42.5 Å². The Balaban J connectivity index is 1.57. The fraction of sp³-hybridized carbons (Fsp3) is 0.231. The third-order valence-corrected chi connectivity index (χ3v) is 5.78. The van der Waals surface area contributed by atoms with E-state index in [-0.39, 0.29) is 0 Å². The second-order valence-electron chi connectivity index (χ2n) is 7.89. The number of nitrogens with zero attached hydrogens (tertiary/aromatic N) is 1. The zero-order valence-electron chi connectivity index (χ0n) is 17.4. The van der Waals surface area contributed by atoms with E-state index in [1.807, 2.05) is 18.2 Å². The monoisotopic (exact) mass is 398 g/mol. The summed E-state index contributed by atoms with van der Waals surface area (Å²) in [6.07, 6.45) is 3.74. The summed E-state index contributed by atoms with van der Waals surface area (Å²) >= 11 is 0. The number of aryl methyl sites for hydroxylation is 3. The fourth-order valence-corrected chi connectivity index (χ4v) is 3.92. The molecule has 0 unspecified atom stereocenters. The number of aromatic carboxylic acids is 1. The van der Waals surface area contributed by atoms with Crippen LogP contribution in [0.5, 0.6) is 0 Å². The lowest BCUT2D eigenvalue weighted by Gasteiger charge is -2.10. The number of nitrogens with one attached hydrogen (secondary N) is 1. The van der Waals surface area contributed by atoms with E-state index in [2.05, 4.69) is 49.2 Å². The second kappa shape index (κ2) is 8.54. The van der Waals surface area contributed by atoms with Crippen molar-refractivity contribution >= 4 is 17.0 Å². The molecule has 0 spiro atoms. The van der Waals surface area contributed by atoms with Gasteiger partial charge in [0.25, 0.3) is 0 Å². The van der Waals surface area contributed by atoms with E-state index in [4.69, 9.17) is 10.1 Å². The SMILES string of the molecule is Cc1cc2[nH]c(CCCc3ccccc3)nc2c(Cc2ccc(C(=O)O)cc2)c1C. The molecule has 152 valence electrons. The number of rotatable bonds is 7. The lowest BCUT2D eigenvalue weighted by atomic mass is 9.95. The van der Waals surface area contributed by atoms with Gasteiger partial charge in [0, 0.05) is 6.42 Å². The molecule has 0 amide bonds. The molecule has 4 aromatic rings. The van der Waals surface area contributed by atoms with Gasteiger partial charge in [-0.15, -0.1) is 0 Å². The van der Waals surface area contributed by atoms with Crippen molar-refractivity contribution in [2.45, 2.75) is 39.5 Å². The van der Waals surface area contributed by atoms with Gasteiger partial charge in [-0.3, -0.25) is 0 Å². The van der Waals surface area contributed by atoms with Crippen molar-refractivity contribution in [2.75, 3.05) is 0 Å². The van der Waals surface area contributed by atoms with Crippen LogP contribution >= 0.6 is 0 Å². The second-order valence-corrected chi connectivity index (χ2v) is 7.89. The first kappa shape index (κ1) is 19.9. The Morgan fingerprint density at radius 3 is 2.40 bits per heavy atom. The molecule has 4 heteroatoms. The lowest BCUT2D eigenvalue weighted by Crippen LogP contribution is -1.99. The summed E-state index contributed by atoms with van der Waals surface area (Å²) in [5.74, 6) is 0.122. The summed E-state index contributed by atoms with van der Waals surface area (Å²) in [7, 11) is 0. The molecular weight excluding hydrogens is 372 g/mol. The molecule has 4 nitrogen and oxygen atoms in total. The lowest BCUT2D eigenvalue weighted by molar-refractivity contribution is 0.0697. The average molecular weight is 399 g/mol. The standard InChI is InChI=1S/C26H26N2O2/c1-17-15-23-25(28-24(27-23)10-6-9-19-7-4-3-5-8-19)22(18(17)2)16-20-11-13-21(14-12-20)26(29)30/h3-5,7-8,11-15H,6,9-10,16H2,1-2H3,(H,27,28)(H,29,30). The van der Waals surface area contributed by atoms with E-state index >= 15 is 0 Å². The minimum atomic E-state index is -0.900. The molecular formula is C26H26N2O2. The van der Waals surface area contributed by atoms with Crippen molar-refractivity contribution in [1.29, 1.82) is 0 Å². The number of fused-ring (bicyclic) bond motifs is 1. The highest BCUT2D eigenvalue weighted by Gasteiger charge is 2.14. The number of carbonyl (C=O) groups is 1. The minimum absolute atomic E-state index is 0.310. The van der Waals surface area contributed by atoms with Crippen molar-refractivity contribution in [1.82, 2.24) is 9.97 Å². The van der Waals surface area contributed by atoms with Crippen LogP contribution in [-0.4, -0.2) is 21.0 Å². The van der Waals surface area contributed by atoms with Gasteiger partial charge in [-0.2, -0.15) is 0 Å². The number of benzene rings is 3. The van der Waals surface area contributed by atoms with Crippen molar-refractivity contribution in [3.63, 3.8) is 0 Å². The third-order valence-electron chi connectivity index (χ3n) is 5.78. The summed E-state index contributed by atoms with van der Waals surface area (Å²) in [6.45, 7) is 4.27. The van der Waals surface area contributed by atoms with Gasteiger partial charge in [0.15, 0.2) is 0 Å². The number of H-pyrrole nitrogens is 1. The van der Waals surface area contributed by atoms with E-state index in [1.165, 1.54) is 22.3 Å². The van der Waals surface area contributed by atoms with Crippen molar-refractivity contribution < 1.29 is 9.90 Å². The molecule has 0 radical (unpaired) electrons. The van der Waals surface area contributed by atoms with Crippen LogP contribution in [0.4, 0.5) is 0 Å². The molecule has 0 saturated heterocycles. The Morgan fingerprint density at radius 2 is 1.70 bits per heavy atom. The number of aromatic amines is 1. The maximum atomic E-state index is 11.1. The predicted molar refractivity (Wildman–Crippen MR) is 120 cm³/mol. The van der Waals surface area contributed by atoms with Crippen LogP contribution in [0.2, 0.25) is 0 Å². The Kier molecular flexibility index (Phi) is 5.66. The summed E-state index contributed by atoms with van der Waals surface area (Å²) < 4.78 is 0. The molecule has 0 bridgehead atoms. The van der Waals surface area contributed by atoms with Gasteiger partial charge in [0.1, 0.15) is 5.82 Å². The molecule has 4 rings (SSSR count). The Hall–Kier alpha value is -3.40. The van der Waals surface area contributed by atoms with Gasteiger partial charge in [0.05, 0.1) is 16.6 Å². The first-order valence-electron chi connectivity index (χ1n) is 10.3. The van der Waals surface area contributed by atoms with Crippen LogP contribution in [0.25, 0.3) is 11.0 Å². The number of carboxylic acid groups (broad SMARTS) is 1. The molecule has 0 atom stereocenters. The summed E-state index contributed by atoms with van der Waals surface area (Å²) in [4.78, 5) is 19.6. The smallest absolute Gasteiger partial charge is 0.335 e. The topological polar surface area (TPSA) is 66.0 Å². The Bertz CT molecular complexity index is 1180. The molecule has 0 aliphatic heterocycles. The maximum Gasteiger partial charge on any atom is 0.335 e. The summed E-state index contributed by atoms with van der Waals surface area (Å²) in [5, 5.41) is 9.12. The first-order chi connectivity index (χ1) is 14.5. The number of imidazole rings is 1. The van der Waals surface area contributed by atoms with E-state index in [9.17, 15) is 4.79 Å². The Labute approximate surface area is 176 Å². The highest BCUT2D eigenvalue weighted by atomic mass is 16.4. The largest absolute Gasteiger partial charge is 0.478 e. The van der Waals surface area contributed by atoms with E-state index in [1.54, 1.807) is 12.1 Å². The zero-order chi connectivity index (χ0) is 21.1. The molecule has 1 aromatic heterocycles. The molecule has 1 heterocycles. The zero-order valence-corrected chi connectivity index (χ0v) is 17.4. The number of hydrogen-bond acceptors (Lipinski definition) is 2. The summed E-state index contributed by atoms with van der Waals surface area (Å²) in [6, 6.07) is 19.8. The maximum absolute atomic E-state index is 11.1. The highest BCUT2D eigenvalue weighted by Crippen LogP contribution is 2.27. The average Bonchev–Trinajstić information content (AvgIpc) is 3.15. The third kappa shape index (κ3) is 4.28. The molecule has 0 aliphatic rings. The normalized spacial score (nSPS) is 11.1. The molecule has 30 heavy (non-hydrogen) atoms. The number of aromatic nitrogens is 2. The van der Waals surface area contributed by atoms with Crippen LogP contribution in [0, 0.1) is 13.8 Å². The van der Waals surface area contributed by atoms with Gasteiger partial charge in [-0.25, -0.2) is 9.78 Å². The van der Waals surface area contributed by atoms with E-state index in [0.29, 0.717) is 5.56 Å². The van der Waals surface area contributed by atoms with E-state index in [0.717, 1.165) is 48.1 Å². The van der Waals surface area contributed by atoms with E-state index < -0.39 is 5.97 Å². The van der Waals surface area contributed by atoms with Crippen LogP contribution in [0.3, 0.4) is 0 Å². The number of hydrogen-bond donors (Lipinski definition) is 2. The van der Waals surface area contributed by atoms with Gasteiger partial charge in [0.2, 0.25) is 0 Å². The van der Waals surface area contributed by atoms with Crippen molar-refractivity contribution in [2.24, 2.45) is 0 Å². The number of carboxylic acids is 1. The summed E-state index contributed by atoms with van der Waals surface area (Å²) in [5.41, 5.74) is 8.53. The van der Waals surface area contributed by atoms with Gasteiger partial charge >= 0.3 is 5.97 Å². The molecule has 0 aliphatic carbocycles.